The minimum absolute atomic E-state index is 0.187. The van der Waals surface area contributed by atoms with E-state index in [2.05, 4.69) is 4.99 Å². The van der Waals surface area contributed by atoms with Crippen molar-refractivity contribution < 1.29 is 9.90 Å². The Kier molecular flexibility index (Phi) is 2.82. The number of aliphatic imine (C=N–C) groups is 1. The zero-order valence-corrected chi connectivity index (χ0v) is 6.27. The van der Waals surface area contributed by atoms with Crippen molar-refractivity contribution in [3.63, 3.8) is 0 Å². The molecule has 0 aromatic heterocycles. The summed E-state index contributed by atoms with van der Waals surface area (Å²) in [6, 6.07) is 6.63. The molecule has 0 amide bonds. The Labute approximate surface area is 69.7 Å². The van der Waals surface area contributed by atoms with E-state index in [0.717, 1.165) is 5.56 Å². The summed E-state index contributed by atoms with van der Waals surface area (Å²) in [4.78, 5) is 12.9. The van der Waals surface area contributed by atoms with E-state index >= 15 is 0 Å². The van der Waals surface area contributed by atoms with Gasteiger partial charge in [0.2, 0.25) is 6.08 Å². The first-order chi connectivity index (χ1) is 5.83. The Morgan fingerprint density at radius 1 is 1.50 bits per heavy atom. The molecule has 0 saturated carbocycles. The van der Waals surface area contributed by atoms with Gasteiger partial charge in [-0.15, -0.1) is 0 Å². The number of hydrogen-bond acceptors (Lipinski definition) is 3. The van der Waals surface area contributed by atoms with Crippen LogP contribution in [0.1, 0.15) is 5.56 Å². The molecule has 1 N–H and O–H groups in total. The van der Waals surface area contributed by atoms with Crippen LogP contribution in [0.4, 0.5) is 0 Å². The van der Waals surface area contributed by atoms with Gasteiger partial charge in [0.25, 0.3) is 0 Å². The van der Waals surface area contributed by atoms with Crippen molar-refractivity contribution in [3.8, 4) is 5.75 Å². The smallest absolute Gasteiger partial charge is 0.239 e. The molecule has 0 spiro atoms. The van der Waals surface area contributed by atoms with Crippen molar-refractivity contribution >= 4 is 12.2 Å². The molecule has 0 aliphatic heterocycles. The molecule has 0 heterocycles. The summed E-state index contributed by atoms with van der Waals surface area (Å²) < 4.78 is 0. The molecule has 0 saturated heterocycles. The predicted octanol–water partition coefficient (Wildman–Crippen LogP) is 1.70. The van der Waals surface area contributed by atoms with Crippen LogP contribution in [0.3, 0.4) is 0 Å². The number of isocyanates is 1. The zero-order valence-electron chi connectivity index (χ0n) is 6.27. The Hall–Kier alpha value is -1.86. The number of benzene rings is 1. The molecule has 60 valence electrons. The van der Waals surface area contributed by atoms with Gasteiger partial charge in [0.1, 0.15) is 5.75 Å². The van der Waals surface area contributed by atoms with Gasteiger partial charge in [0.05, 0.1) is 0 Å². The second-order valence-corrected chi connectivity index (χ2v) is 2.13. The van der Waals surface area contributed by atoms with E-state index in [1.54, 1.807) is 30.3 Å². The van der Waals surface area contributed by atoms with Crippen LogP contribution in [-0.4, -0.2) is 11.2 Å². The molecular formula is C9H7NO2. The van der Waals surface area contributed by atoms with Crippen molar-refractivity contribution in [2.45, 2.75) is 0 Å². The minimum Gasteiger partial charge on any atom is -0.508 e. The molecular weight excluding hydrogens is 154 g/mol. The fourth-order valence-electron chi connectivity index (χ4n) is 0.782. The Morgan fingerprint density at radius 3 is 3.00 bits per heavy atom. The van der Waals surface area contributed by atoms with Gasteiger partial charge >= 0.3 is 0 Å². The number of carbonyl (C=O) groups excluding carboxylic acids is 1. The maximum absolute atomic E-state index is 9.67. The van der Waals surface area contributed by atoms with E-state index in [1.807, 2.05) is 0 Å². The summed E-state index contributed by atoms with van der Waals surface area (Å²) in [5, 5.41) is 9.03. The molecule has 1 aromatic carbocycles. The largest absolute Gasteiger partial charge is 0.508 e. The van der Waals surface area contributed by atoms with E-state index in [0.29, 0.717) is 0 Å². The third-order valence-corrected chi connectivity index (χ3v) is 1.26. The Bertz CT molecular complexity index is 338. The number of nitrogens with zero attached hydrogens (tertiary/aromatic N) is 1. The van der Waals surface area contributed by atoms with E-state index < -0.39 is 0 Å². The topological polar surface area (TPSA) is 49.7 Å². The van der Waals surface area contributed by atoms with Gasteiger partial charge in [-0.1, -0.05) is 12.1 Å². The second kappa shape index (κ2) is 4.11. The molecule has 0 radical (unpaired) electrons. The normalized spacial score (nSPS) is 9.67. The number of phenolic OH excluding ortho intramolecular Hbond substituents is 1. The predicted molar refractivity (Wildman–Crippen MR) is 45.3 cm³/mol. The highest BCUT2D eigenvalue weighted by molar-refractivity contribution is 5.52. The number of aromatic hydroxyl groups is 1. The molecule has 0 aliphatic rings. The van der Waals surface area contributed by atoms with Crippen LogP contribution < -0.4 is 0 Å². The molecule has 3 heteroatoms. The van der Waals surface area contributed by atoms with E-state index in [-0.39, 0.29) is 5.75 Å². The fourth-order valence-corrected chi connectivity index (χ4v) is 0.782. The van der Waals surface area contributed by atoms with Crippen LogP contribution in [0.25, 0.3) is 6.08 Å². The van der Waals surface area contributed by atoms with Gasteiger partial charge < -0.3 is 5.11 Å². The van der Waals surface area contributed by atoms with E-state index in [9.17, 15) is 4.79 Å². The lowest BCUT2D eigenvalue weighted by Gasteiger charge is -1.92. The maximum atomic E-state index is 9.67. The number of phenols is 1. The van der Waals surface area contributed by atoms with Crippen molar-refractivity contribution in [3.05, 3.63) is 36.0 Å². The lowest BCUT2D eigenvalue weighted by atomic mass is 10.2. The van der Waals surface area contributed by atoms with Crippen LogP contribution in [0, 0.1) is 0 Å². The molecule has 0 bridgehead atoms. The first-order valence-electron chi connectivity index (χ1n) is 3.35. The average Bonchev–Trinajstić information content (AvgIpc) is 2.05. The summed E-state index contributed by atoms with van der Waals surface area (Å²) in [5.41, 5.74) is 0.786. The molecule has 0 atom stereocenters. The van der Waals surface area contributed by atoms with Gasteiger partial charge in [-0.25, -0.2) is 4.79 Å². The van der Waals surface area contributed by atoms with Crippen molar-refractivity contribution in [1.82, 2.24) is 0 Å². The summed E-state index contributed by atoms with van der Waals surface area (Å²) in [5.74, 6) is 0.187. The SMILES string of the molecule is O=C=N/C=C\c1cccc(O)c1. The monoisotopic (exact) mass is 161 g/mol. The fraction of sp³-hybridized carbons (Fsp3) is 0. The van der Waals surface area contributed by atoms with Crippen molar-refractivity contribution in [1.29, 1.82) is 0 Å². The van der Waals surface area contributed by atoms with E-state index in [4.69, 9.17) is 5.11 Å². The van der Waals surface area contributed by atoms with Crippen molar-refractivity contribution in [2.75, 3.05) is 0 Å². The van der Waals surface area contributed by atoms with Crippen molar-refractivity contribution in [2.24, 2.45) is 4.99 Å². The quantitative estimate of drug-likeness (QED) is 0.530. The number of rotatable bonds is 2. The standard InChI is InChI=1S/C9H7NO2/c11-7-10-5-4-8-2-1-3-9(12)6-8/h1-6,12H/b5-4-. The zero-order chi connectivity index (χ0) is 8.81. The summed E-state index contributed by atoms with van der Waals surface area (Å²) >= 11 is 0. The maximum Gasteiger partial charge on any atom is 0.239 e. The minimum atomic E-state index is 0.187. The first kappa shape index (κ1) is 8.24. The van der Waals surface area contributed by atoms with E-state index in [1.165, 1.54) is 12.3 Å². The van der Waals surface area contributed by atoms with Gasteiger partial charge in [0, 0.05) is 6.20 Å². The van der Waals surface area contributed by atoms with Crippen LogP contribution in [0.2, 0.25) is 0 Å². The second-order valence-electron chi connectivity index (χ2n) is 2.13. The molecule has 1 aromatic rings. The van der Waals surface area contributed by atoms with Gasteiger partial charge in [-0.2, -0.15) is 4.99 Å². The lowest BCUT2D eigenvalue weighted by molar-refractivity contribution is 0.475. The van der Waals surface area contributed by atoms with Crippen LogP contribution in [0.15, 0.2) is 35.5 Å². The van der Waals surface area contributed by atoms with Crippen LogP contribution >= 0.6 is 0 Å². The summed E-state index contributed by atoms with van der Waals surface area (Å²) in [6.07, 6.45) is 4.30. The van der Waals surface area contributed by atoms with Gasteiger partial charge in [-0.05, 0) is 23.8 Å². The van der Waals surface area contributed by atoms with Gasteiger partial charge in [0.15, 0.2) is 0 Å². The molecule has 12 heavy (non-hydrogen) atoms. The highest BCUT2D eigenvalue weighted by Crippen LogP contribution is 2.11. The van der Waals surface area contributed by atoms with Crippen LogP contribution in [-0.2, 0) is 4.79 Å². The molecule has 3 nitrogen and oxygen atoms in total. The molecule has 0 aliphatic carbocycles. The Balaban J connectivity index is 2.82. The third kappa shape index (κ3) is 2.40. The molecule has 0 unspecified atom stereocenters. The number of hydrogen-bond donors (Lipinski definition) is 1. The highest BCUT2D eigenvalue weighted by atomic mass is 16.3. The molecule has 0 fully saturated rings. The Morgan fingerprint density at radius 2 is 2.33 bits per heavy atom. The third-order valence-electron chi connectivity index (χ3n) is 1.26. The summed E-state index contributed by atoms with van der Waals surface area (Å²) in [7, 11) is 0. The lowest BCUT2D eigenvalue weighted by Crippen LogP contribution is -1.69. The first-order valence-corrected chi connectivity index (χ1v) is 3.35. The summed E-state index contributed by atoms with van der Waals surface area (Å²) in [6.45, 7) is 0. The van der Waals surface area contributed by atoms with Gasteiger partial charge in [-0.3, -0.25) is 0 Å². The van der Waals surface area contributed by atoms with Crippen LogP contribution in [0.5, 0.6) is 5.75 Å². The molecule has 1 rings (SSSR count). The average molecular weight is 161 g/mol. The highest BCUT2D eigenvalue weighted by Gasteiger charge is 1.87.